The lowest BCUT2D eigenvalue weighted by atomic mass is 9.95. The van der Waals surface area contributed by atoms with Gasteiger partial charge >= 0.3 is 5.97 Å². The van der Waals surface area contributed by atoms with Crippen molar-refractivity contribution in [2.24, 2.45) is 5.14 Å². The van der Waals surface area contributed by atoms with E-state index in [1.165, 1.54) is 6.07 Å². The van der Waals surface area contributed by atoms with Crippen molar-refractivity contribution >= 4 is 21.7 Å². The first kappa shape index (κ1) is 15.8. The van der Waals surface area contributed by atoms with Crippen molar-refractivity contribution in [3.8, 4) is 0 Å². The summed E-state index contributed by atoms with van der Waals surface area (Å²) in [6, 6.07) is 4.48. The summed E-state index contributed by atoms with van der Waals surface area (Å²) < 4.78 is 22.8. The van der Waals surface area contributed by atoms with Crippen LogP contribution in [0, 0.1) is 0 Å². The average Bonchev–Trinajstić information content (AvgIpc) is 2.37. The smallest absolute Gasteiger partial charge is 0.337 e. The third kappa shape index (κ3) is 3.19. The number of hydrogen-bond acceptors (Lipinski definition) is 4. The van der Waals surface area contributed by atoms with Crippen LogP contribution in [0.5, 0.6) is 0 Å². The minimum absolute atomic E-state index is 0.0258. The fourth-order valence-corrected chi connectivity index (χ4v) is 3.52. The predicted molar refractivity (Wildman–Crippen MR) is 80.0 cm³/mol. The Kier molecular flexibility index (Phi) is 4.25. The van der Waals surface area contributed by atoms with Crippen molar-refractivity contribution < 1.29 is 18.3 Å². The monoisotopic (exact) mass is 312 g/mol. The van der Waals surface area contributed by atoms with Crippen LogP contribution in [0.2, 0.25) is 0 Å². The number of carboxylic acid groups (broad SMARTS) is 1. The SMILES string of the molecule is CC1CCCC(C)N1c1ccc(S(N)(=O)=O)cc1C(=O)O. The highest BCUT2D eigenvalue weighted by Gasteiger charge is 2.28. The van der Waals surface area contributed by atoms with E-state index >= 15 is 0 Å². The number of hydrogen-bond donors (Lipinski definition) is 2. The summed E-state index contributed by atoms with van der Waals surface area (Å²) in [5.41, 5.74) is 0.525. The van der Waals surface area contributed by atoms with Gasteiger partial charge in [0.15, 0.2) is 0 Å². The zero-order valence-electron chi connectivity index (χ0n) is 12.1. The highest BCUT2D eigenvalue weighted by Crippen LogP contribution is 2.32. The van der Waals surface area contributed by atoms with Crippen LogP contribution in [-0.4, -0.2) is 31.6 Å². The molecule has 2 atom stereocenters. The number of nitrogens with zero attached hydrogens (tertiary/aromatic N) is 1. The molecule has 1 aliphatic heterocycles. The maximum atomic E-state index is 11.5. The molecule has 1 aromatic carbocycles. The molecule has 2 rings (SSSR count). The number of carboxylic acids is 1. The minimum Gasteiger partial charge on any atom is -0.478 e. The summed E-state index contributed by atoms with van der Waals surface area (Å²) in [5.74, 6) is -1.15. The Bertz CT molecular complexity index is 647. The number of nitrogens with two attached hydrogens (primary N) is 1. The number of aromatic carboxylic acids is 1. The van der Waals surface area contributed by atoms with Crippen molar-refractivity contribution in [1.29, 1.82) is 0 Å². The highest BCUT2D eigenvalue weighted by molar-refractivity contribution is 7.89. The molecule has 1 aromatic rings. The second kappa shape index (κ2) is 5.65. The third-order valence-electron chi connectivity index (χ3n) is 4.00. The quantitative estimate of drug-likeness (QED) is 0.886. The summed E-state index contributed by atoms with van der Waals surface area (Å²) in [4.78, 5) is 13.4. The molecule has 0 saturated carbocycles. The fraction of sp³-hybridized carbons (Fsp3) is 0.500. The Balaban J connectivity index is 2.55. The molecular weight excluding hydrogens is 292 g/mol. The predicted octanol–water partition coefficient (Wildman–Crippen LogP) is 1.80. The van der Waals surface area contributed by atoms with E-state index in [4.69, 9.17) is 5.14 Å². The largest absolute Gasteiger partial charge is 0.478 e. The molecular formula is C14H20N2O4S. The molecule has 0 aromatic heterocycles. The van der Waals surface area contributed by atoms with Crippen LogP contribution in [0.15, 0.2) is 23.1 Å². The molecule has 0 aliphatic carbocycles. The van der Waals surface area contributed by atoms with Gasteiger partial charge in [0.25, 0.3) is 0 Å². The van der Waals surface area contributed by atoms with Crippen LogP contribution in [0.4, 0.5) is 5.69 Å². The maximum Gasteiger partial charge on any atom is 0.337 e. The number of piperidine rings is 1. The van der Waals surface area contributed by atoms with E-state index in [1.807, 2.05) is 0 Å². The molecule has 6 nitrogen and oxygen atoms in total. The average molecular weight is 312 g/mol. The van der Waals surface area contributed by atoms with Gasteiger partial charge in [0.2, 0.25) is 10.0 Å². The van der Waals surface area contributed by atoms with Gasteiger partial charge in [-0.25, -0.2) is 18.4 Å². The fourth-order valence-electron chi connectivity index (χ4n) is 2.98. The molecule has 0 radical (unpaired) electrons. The molecule has 3 N–H and O–H groups in total. The Morgan fingerprint density at radius 3 is 2.33 bits per heavy atom. The van der Waals surface area contributed by atoms with Crippen LogP contribution < -0.4 is 10.0 Å². The summed E-state index contributed by atoms with van der Waals surface area (Å²) in [7, 11) is -3.92. The summed E-state index contributed by atoms with van der Waals surface area (Å²) in [6.07, 6.45) is 3.08. The first-order valence-electron chi connectivity index (χ1n) is 6.90. The molecule has 1 heterocycles. The van der Waals surface area contributed by atoms with Crippen molar-refractivity contribution in [1.82, 2.24) is 0 Å². The van der Waals surface area contributed by atoms with E-state index in [0.29, 0.717) is 5.69 Å². The first-order valence-corrected chi connectivity index (χ1v) is 8.45. The molecule has 116 valence electrons. The standard InChI is InChI=1S/C14H20N2O4S/c1-9-4-3-5-10(2)16(9)13-7-6-11(21(15,19)20)8-12(13)14(17)18/h6-10H,3-5H2,1-2H3,(H,17,18)(H2,15,19,20). The zero-order valence-corrected chi connectivity index (χ0v) is 12.9. The second-order valence-corrected chi connectivity index (χ2v) is 7.13. The van der Waals surface area contributed by atoms with Gasteiger partial charge in [0.1, 0.15) is 0 Å². The Hall–Kier alpha value is -1.60. The van der Waals surface area contributed by atoms with Gasteiger partial charge in [0.05, 0.1) is 16.1 Å². The number of benzene rings is 1. The Morgan fingerprint density at radius 1 is 1.29 bits per heavy atom. The van der Waals surface area contributed by atoms with E-state index in [9.17, 15) is 18.3 Å². The number of rotatable bonds is 3. The molecule has 1 aliphatic rings. The van der Waals surface area contributed by atoms with E-state index in [2.05, 4.69) is 18.7 Å². The zero-order chi connectivity index (χ0) is 15.8. The maximum absolute atomic E-state index is 11.5. The molecule has 0 spiro atoms. The molecule has 1 fully saturated rings. The highest BCUT2D eigenvalue weighted by atomic mass is 32.2. The lowest BCUT2D eigenvalue weighted by Crippen LogP contribution is -2.44. The van der Waals surface area contributed by atoms with Crippen LogP contribution in [-0.2, 0) is 10.0 Å². The molecule has 0 amide bonds. The van der Waals surface area contributed by atoms with Crippen LogP contribution in [0.1, 0.15) is 43.5 Å². The van der Waals surface area contributed by atoms with Gasteiger partial charge in [-0.1, -0.05) is 0 Å². The van der Waals surface area contributed by atoms with E-state index < -0.39 is 16.0 Å². The van der Waals surface area contributed by atoms with E-state index in [-0.39, 0.29) is 22.5 Å². The van der Waals surface area contributed by atoms with Crippen molar-refractivity contribution in [3.63, 3.8) is 0 Å². The van der Waals surface area contributed by atoms with Gasteiger partial charge in [-0.3, -0.25) is 0 Å². The summed E-state index contributed by atoms with van der Waals surface area (Å²) in [6.45, 7) is 4.10. The van der Waals surface area contributed by atoms with Gasteiger partial charge < -0.3 is 10.0 Å². The van der Waals surface area contributed by atoms with Gasteiger partial charge in [-0.2, -0.15) is 0 Å². The lowest BCUT2D eigenvalue weighted by molar-refractivity contribution is 0.0697. The van der Waals surface area contributed by atoms with Gasteiger partial charge in [-0.05, 0) is 51.3 Å². The molecule has 1 saturated heterocycles. The van der Waals surface area contributed by atoms with Crippen molar-refractivity contribution in [3.05, 3.63) is 23.8 Å². The third-order valence-corrected chi connectivity index (χ3v) is 4.91. The first-order chi connectivity index (χ1) is 9.71. The van der Waals surface area contributed by atoms with Crippen LogP contribution >= 0.6 is 0 Å². The summed E-state index contributed by atoms with van der Waals surface area (Å²) in [5, 5.41) is 14.5. The molecule has 2 unspecified atom stereocenters. The van der Waals surface area contributed by atoms with Crippen LogP contribution in [0.25, 0.3) is 0 Å². The Morgan fingerprint density at radius 2 is 1.86 bits per heavy atom. The van der Waals surface area contributed by atoms with Crippen molar-refractivity contribution in [2.75, 3.05) is 4.90 Å². The van der Waals surface area contributed by atoms with Crippen molar-refractivity contribution in [2.45, 2.75) is 50.1 Å². The Labute approximate surface area is 124 Å². The van der Waals surface area contributed by atoms with E-state index in [0.717, 1.165) is 25.3 Å². The minimum atomic E-state index is -3.92. The van der Waals surface area contributed by atoms with E-state index in [1.54, 1.807) is 6.07 Å². The second-order valence-electron chi connectivity index (χ2n) is 5.57. The normalized spacial score (nSPS) is 23.1. The number of anilines is 1. The summed E-state index contributed by atoms with van der Waals surface area (Å²) >= 11 is 0. The lowest BCUT2D eigenvalue weighted by Gasteiger charge is -2.41. The van der Waals surface area contributed by atoms with Gasteiger partial charge in [-0.15, -0.1) is 0 Å². The molecule has 0 bridgehead atoms. The topological polar surface area (TPSA) is 101 Å². The molecule has 7 heteroatoms. The van der Waals surface area contributed by atoms with Gasteiger partial charge in [0, 0.05) is 12.1 Å². The van der Waals surface area contributed by atoms with Crippen LogP contribution in [0.3, 0.4) is 0 Å². The molecule has 21 heavy (non-hydrogen) atoms. The number of primary sulfonamides is 1. The number of carbonyl (C=O) groups is 1. The number of sulfonamides is 1.